The van der Waals surface area contributed by atoms with E-state index in [2.05, 4.69) is 10.1 Å². The molecule has 0 bridgehead atoms. The minimum atomic E-state index is -3.51. The van der Waals surface area contributed by atoms with E-state index in [-0.39, 0.29) is 18.9 Å². The van der Waals surface area contributed by atoms with Crippen molar-refractivity contribution in [1.82, 2.24) is 0 Å². The third-order valence-electron chi connectivity index (χ3n) is 4.21. The molecule has 0 unspecified atom stereocenters. The first-order valence-electron chi connectivity index (χ1n) is 8.84. The number of methoxy groups -OCH3 is 1. The number of carbonyl (C=O) groups excluding carboxylic acids is 2. The molecule has 2 aromatic carbocycles. The Balaban J connectivity index is 2.01. The van der Waals surface area contributed by atoms with Crippen LogP contribution in [0.25, 0.3) is 0 Å². The van der Waals surface area contributed by atoms with E-state index in [1.165, 1.54) is 11.4 Å². The molecule has 9 heteroatoms. The van der Waals surface area contributed by atoms with Gasteiger partial charge in [-0.2, -0.15) is 0 Å². The zero-order chi connectivity index (χ0) is 21.6. The van der Waals surface area contributed by atoms with Crippen molar-refractivity contribution in [3.8, 4) is 0 Å². The predicted molar refractivity (Wildman–Crippen MR) is 114 cm³/mol. The molecule has 7 nitrogen and oxygen atoms in total. The number of esters is 1. The highest BCUT2D eigenvalue weighted by atomic mass is 35.5. The summed E-state index contributed by atoms with van der Waals surface area (Å²) in [7, 11) is -2.22. The van der Waals surface area contributed by atoms with Crippen molar-refractivity contribution in [3.05, 3.63) is 58.6 Å². The van der Waals surface area contributed by atoms with E-state index < -0.39 is 16.0 Å². The Bertz CT molecular complexity index is 990. The Morgan fingerprint density at radius 3 is 2.38 bits per heavy atom. The number of nitrogens with one attached hydrogen (secondary N) is 1. The smallest absolute Gasteiger partial charge is 0.337 e. The van der Waals surface area contributed by atoms with Crippen LogP contribution in [0.1, 0.15) is 28.8 Å². The van der Waals surface area contributed by atoms with Gasteiger partial charge in [-0.15, -0.1) is 0 Å². The summed E-state index contributed by atoms with van der Waals surface area (Å²) >= 11 is 5.86. The van der Waals surface area contributed by atoms with Crippen LogP contribution in [0.15, 0.2) is 42.5 Å². The number of hydrogen-bond donors (Lipinski definition) is 1. The molecule has 2 rings (SSSR count). The molecular formula is C20H23ClN2O5S. The van der Waals surface area contributed by atoms with Gasteiger partial charge < -0.3 is 10.1 Å². The summed E-state index contributed by atoms with van der Waals surface area (Å²) in [6.07, 6.45) is 1.54. The number of hydrogen-bond acceptors (Lipinski definition) is 5. The van der Waals surface area contributed by atoms with Gasteiger partial charge >= 0.3 is 5.97 Å². The monoisotopic (exact) mass is 438 g/mol. The Morgan fingerprint density at radius 1 is 1.14 bits per heavy atom. The molecule has 0 aliphatic carbocycles. The topological polar surface area (TPSA) is 92.8 Å². The van der Waals surface area contributed by atoms with Crippen LogP contribution in [-0.2, 0) is 19.6 Å². The number of aryl methyl sites for hydroxylation is 1. The highest BCUT2D eigenvalue weighted by Crippen LogP contribution is 2.21. The van der Waals surface area contributed by atoms with Gasteiger partial charge in [-0.05, 0) is 55.3 Å². The molecule has 0 saturated heterocycles. The summed E-state index contributed by atoms with van der Waals surface area (Å²) in [4.78, 5) is 24.0. The molecular weight excluding hydrogens is 416 g/mol. The number of benzene rings is 2. The van der Waals surface area contributed by atoms with Crippen molar-refractivity contribution in [1.29, 1.82) is 0 Å². The van der Waals surface area contributed by atoms with Crippen molar-refractivity contribution in [2.45, 2.75) is 19.8 Å². The van der Waals surface area contributed by atoms with E-state index in [4.69, 9.17) is 11.6 Å². The molecule has 0 aliphatic heterocycles. The molecule has 0 aliphatic rings. The minimum Gasteiger partial charge on any atom is -0.465 e. The lowest BCUT2D eigenvalue weighted by Gasteiger charge is -2.22. The van der Waals surface area contributed by atoms with Gasteiger partial charge in [-0.3, -0.25) is 9.10 Å². The molecule has 0 atom stereocenters. The fraction of sp³-hybridized carbons (Fsp3) is 0.300. The molecule has 0 fully saturated rings. The number of carbonyl (C=O) groups is 2. The van der Waals surface area contributed by atoms with Gasteiger partial charge in [0.2, 0.25) is 15.9 Å². The Morgan fingerprint density at radius 2 is 1.79 bits per heavy atom. The third-order valence-corrected chi connectivity index (χ3v) is 5.66. The second-order valence-electron chi connectivity index (χ2n) is 6.48. The van der Waals surface area contributed by atoms with Gasteiger partial charge in [0.1, 0.15) is 0 Å². The fourth-order valence-corrected chi connectivity index (χ4v) is 3.78. The van der Waals surface area contributed by atoms with Gasteiger partial charge in [0.05, 0.1) is 24.6 Å². The first-order chi connectivity index (χ1) is 13.6. The molecule has 1 N–H and O–H groups in total. The molecule has 2 aromatic rings. The lowest BCUT2D eigenvalue weighted by molar-refractivity contribution is -0.116. The molecule has 0 radical (unpaired) electrons. The lowest BCUT2D eigenvalue weighted by Crippen LogP contribution is -2.31. The van der Waals surface area contributed by atoms with Crippen molar-refractivity contribution in [2.24, 2.45) is 0 Å². The van der Waals surface area contributed by atoms with Crippen molar-refractivity contribution >= 4 is 44.9 Å². The largest absolute Gasteiger partial charge is 0.465 e. The summed E-state index contributed by atoms with van der Waals surface area (Å²) < 4.78 is 30.1. The molecule has 0 aromatic heterocycles. The van der Waals surface area contributed by atoms with Gasteiger partial charge in [-0.1, -0.05) is 17.7 Å². The summed E-state index contributed by atoms with van der Waals surface area (Å²) in [5.41, 5.74) is 2.12. The third kappa shape index (κ3) is 6.47. The number of ether oxygens (including phenoxy) is 1. The standard InChI is InChI=1S/C20H23ClN2O5S/c1-14-6-7-15(20(25)28-2)13-18(14)22-19(24)5-4-12-23(29(3,26)27)17-10-8-16(21)9-11-17/h6-11,13H,4-5,12H2,1-3H3,(H,22,24). The van der Waals surface area contributed by atoms with Gasteiger partial charge in [-0.25, -0.2) is 13.2 Å². The average Bonchev–Trinajstić information content (AvgIpc) is 2.66. The minimum absolute atomic E-state index is 0.113. The number of amides is 1. The summed E-state index contributed by atoms with van der Waals surface area (Å²) in [6, 6.07) is 11.3. The summed E-state index contributed by atoms with van der Waals surface area (Å²) in [5.74, 6) is -0.771. The Labute approximate surface area is 175 Å². The van der Waals surface area contributed by atoms with Crippen LogP contribution in [-0.4, -0.2) is 40.2 Å². The molecule has 29 heavy (non-hydrogen) atoms. The number of halogens is 1. The normalized spacial score (nSPS) is 11.0. The van der Waals surface area contributed by atoms with Crippen LogP contribution in [0.2, 0.25) is 5.02 Å². The first-order valence-corrected chi connectivity index (χ1v) is 11.1. The van der Waals surface area contributed by atoms with E-state index in [1.807, 2.05) is 6.92 Å². The molecule has 0 saturated carbocycles. The maximum Gasteiger partial charge on any atom is 0.337 e. The highest BCUT2D eigenvalue weighted by molar-refractivity contribution is 7.92. The first kappa shape index (κ1) is 22.7. The highest BCUT2D eigenvalue weighted by Gasteiger charge is 2.18. The van der Waals surface area contributed by atoms with Crippen molar-refractivity contribution < 1.29 is 22.7 Å². The quantitative estimate of drug-likeness (QED) is 0.635. The maximum atomic E-state index is 12.3. The number of nitrogens with zero attached hydrogens (tertiary/aromatic N) is 1. The predicted octanol–water partition coefficient (Wildman–Crippen LogP) is 3.62. The zero-order valence-corrected chi connectivity index (χ0v) is 18.0. The van der Waals surface area contributed by atoms with E-state index in [1.54, 1.807) is 42.5 Å². The summed E-state index contributed by atoms with van der Waals surface area (Å²) in [6.45, 7) is 1.96. The maximum absolute atomic E-state index is 12.3. The van der Waals surface area contributed by atoms with Gasteiger partial charge in [0, 0.05) is 23.7 Å². The van der Waals surface area contributed by atoms with Crippen molar-refractivity contribution in [3.63, 3.8) is 0 Å². The van der Waals surface area contributed by atoms with E-state index in [9.17, 15) is 18.0 Å². The van der Waals surface area contributed by atoms with Crippen molar-refractivity contribution in [2.75, 3.05) is 29.5 Å². The van der Waals surface area contributed by atoms with Crippen LogP contribution >= 0.6 is 11.6 Å². The summed E-state index contributed by atoms with van der Waals surface area (Å²) in [5, 5.41) is 3.26. The Hall–Kier alpha value is -2.58. The second-order valence-corrected chi connectivity index (χ2v) is 8.83. The van der Waals surface area contributed by atoms with Crippen LogP contribution < -0.4 is 9.62 Å². The van der Waals surface area contributed by atoms with E-state index in [0.29, 0.717) is 28.4 Å². The van der Waals surface area contributed by atoms with Crippen LogP contribution in [0.3, 0.4) is 0 Å². The zero-order valence-electron chi connectivity index (χ0n) is 16.4. The fourth-order valence-electron chi connectivity index (χ4n) is 2.69. The van der Waals surface area contributed by atoms with Gasteiger partial charge in [0.25, 0.3) is 0 Å². The molecule has 0 heterocycles. The molecule has 0 spiro atoms. The number of anilines is 2. The SMILES string of the molecule is COC(=O)c1ccc(C)c(NC(=O)CCCN(c2ccc(Cl)cc2)S(C)(=O)=O)c1. The molecule has 1 amide bonds. The van der Waals surface area contributed by atoms with Gasteiger partial charge in [0.15, 0.2) is 0 Å². The average molecular weight is 439 g/mol. The van der Waals surface area contributed by atoms with Crippen LogP contribution in [0.5, 0.6) is 0 Å². The number of rotatable bonds is 8. The lowest BCUT2D eigenvalue weighted by atomic mass is 10.1. The number of sulfonamides is 1. The molecule has 156 valence electrons. The van der Waals surface area contributed by atoms with E-state index in [0.717, 1.165) is 11.8 Å². The van der Waals surface area contributed by atoms with E-state index >= 15 is 0 Å². The second kappa shape index (κ2) is 9.76. The van der Waals surface area contributed by atoms with Crippen LogP contribution in [0, 0.1) is 6.92 Å². The Kier molecular flexibility index (Phi) is 7.64. The van der Waals surface area contributed by atoms with Crippen LogP contribution in [0.4, 0.5) is 11.4 Å².